The van der Waals surface area contributed by atoms with Gasteiger partial charge in [0, 0.05) is 30.3 Å². The van der Waals surface area contributed by atoms with Crippen LogP contribution in [0.3, 0.4) is 0 Å². The van der Waals surface area contributed by atoms with Crippen molar-refractivity contribution in [2.24, 2.45) is 0 Å². The number of hydrogen-bond donors (Lipinski definition) is 1. The lowest BCUT2D eigenvalue weighted by molar-refractivity contribution is -0.116. The number of carbonyl (C=O) groups is 2. The third-order valence-electron chi connectivity index (χ3n) is 4.25. The molecule has 0 spiro atoms. The summed E-state index contributed by atoms with van der Waals surface area (Å²) in [6, 6.07) is 17.2. The maximum absolute atomic E-state index is 12.9. The predicted molar refractivity (Wildman–Crippen MR) is 106 cm³/mol. The SMILES string of the molecule is CCCCC(=O)Nc1ccc(C(=O)N(Cc2ccccc2)C(C)C)cc1. The van der Waals surface area contributed by atoms with E-state index in [0.29, 0.717) is 18.5 Å². The van der Waals surface area contributed by atoms with Crippen molar-refractivity contribution in [1.82, 2.24) is 4.90 Å². The molecular weight excluding hydrogens is 324 g/mol. The van der Waals surface area contributed by atoms with Gasteiger partial charge in [-0.3, -0.25) is 9.59 Å². The van der Waals surface area contributed by atoms with E-state index in [-0.39, 0.29) is 17.9 Å². The van der Waals surface area contributed by atoms with Crippen LogP contribution >= 0.6 is 0 Å². The first-order chi connectivity index (χ1) is 12.5. The zero-order chi connectivity index (χ0) is 18.9. The van der Waals surface area contributed by atoms with E-state index in [1.807, 2.05) is 49.1 Å². The van der Waals surface area contributed by atoms with E-state index in [9.17, 15) is 9.59 Å². The molecule has 0 unspecified atom stereocenters. The number of hydrogen-bond acceptors (Lipinski definition) is 2. The monoisotopic (exact) mass is 352 g/mol. The highest BCUT2D eigenvalue weighted by Gasteiger charge is 2.19. The number of amides is 2. The summed E-state index contributed by atoms with van der Waals surface area (Å²) in [5.41, 5.74) is 2.46. The Morgan fingerprint density at radius 1 is 1.00 bits per heavy atom. The third kappa shape index (κ3) is 5.73. The van der Waals surface area contributed by atoms with E-state index in [1.54, 1.807) is 24.3 Å². The minimum atomic E-state index is -0.00675. The molecule has 2 rings (SSSR count). The van der Waals surface area contributed by atoms with E-state index < -0.39 is 0 Å². The highest BCUT2D eigenvalue weighted by atomic mass is 16.2. The minimum absolute atomic E-state index is 0.00675. The molecule has 0 heterocycles. The molecule has 0 saturated heterocycles. The van der Waals surface area contributed by atoms with Crippen molar-refractivity contribution in [3.05, 3.63) is 65.7 Å². The first kappa shape index (κ1) is 19.7. The summed E-state index contributed by atoms with van der Waals surface area (Å²) in [6.07, 6.45) is 2.40. The number of carbonyl (C=O) groups excluding carboxylic acids is 2. The van der Waals surface area contributed by atoms with Crippen LogP contribution in [0.25, 0.3) is 0 Å². The van der Waals surface area contributed by atoms with Gasteiger partial charge in [0.25, 0.3) is 5.91 Å². The minimum Gasteiger partial charge on any atom is -0.332 e. The molecule has 2 aromatic rings. The first-order valence-corrected chi connectivity index (χ1v) is 9.26. The topological polar surface area (TPSA) is 49.4 Å². The van der Waals surface area contributed by atoms with Crippen LogP contribution in [0.1, 0.15) is 56.0 Å². The highest BCUT2D eigenvalue weighted by Crippen LogP contribution is 2.16. The summed E-state index contributed by atoms with van der Waals surface area (Å²) in [7, 11) is 0. The van der Waals surface area contributed by atoms with Gasteiger partial charge in [-0.2, -0.15) is 0 Å². The van der Waals surface area contributed by atoms with Crippen LogP contribution in [0.15, 0.2) is 54.6 Å². The number of nitrogens with one attached hydrogen (secondary N) is 1. The van der Waals surface area contributed by atoms with Gasteiger partial charge in [-0.15, -0.1) is 0 Å². The van der Waals surface area contributed by atoms with Crippen molar-refractivity contribution in [3.8, 4) is 0 Å². The van der Waals surface area contributed by atoms with Crippen LogP contribution in [0.5, 0.6) is 0 Å². The van der Waals surface area contributed by atoms with Crippen LogP contribution in [0, 0.1) is 0 Å². The average molecular weight is 352 g/mol. The maximum Gasteiger partial charge on any atom is 0.254 e. The van der Waals surface area contributed by atoms with Crippen LogP contribution in [-0.2, 0) is 11.3 Å². The smallest absolute Gasteiger partial charge is 0.254 e. The Morgan fingerprint density at radius 2 is 1.65 bits per heavy atom. The molecule has 0 saturated carbocycles. The van der Waals surface area contributed by atoms with Crippen LogP contribution < -0.4 is 5.32 Å². The second kappa shape index (κ2) is 9.76. The summed E-state index contributed by atoms with van der Waals surface area (Å²) < 4.78 is 0. The molecular formula is C22H28N2O2. The van der Waals surface area contributed by atoms with Crippen LogP contribution in [-0.4, -0.2) is 22.8 Å². The molecule has 0 aliphatic heterocycles. The lowest BCUT2D eigenvalue weighted by Crippen LogP contribution is -2.36. The Hall–Kier alpha value is -2.62. The average Bonchev–Trinajstić information content (AvgIpc) is 2.65. The summed E-state index contributed by atoms with van der Waals surface area (Å²) in [5, 5.41) is 2.87. The quantitative estimate of drug-likeness (QED) is 0.737. The van der Waals surface area contributed by atoms with Crippen LogP contribution in [0.4, 0.5) is 5.69 Å². The Kier molecular flexibility index (Phi) is 7.39. The summed E-state index contributed by atoms with van der Waals surface area (Å²) >= 11 is 0. The van der Waals surface area contributed by atoms with Gasteiger partial charge in [0.05, 0.1) is 0 Å². The van der Waals surface area contributed by atoms with Gasteiger partial charge in [-0.25, -0.2) is 0 Å². The molecule has 2 amide bonds. The molecule has 0 atom stereocenters. The van der Waals surface area contributed by atoms with Gasteiger partial charge in [0.1, 0.15) is 0 Å². The highest BCUT2D eigenvalue weighted by molar-refractivity contribution is 5.96. The van der Waals surface area contributed by atoms with E-state index in [0.717, 1.165) is 24.1 Å². The normalized spacial score (nSPS) is 10.6. The number of unbranched alkanes of at least 4 members (excludes halogenated alkanes) is 1. The molecule has 138 valence electrons. The molecule has 0 radical (unpaired) electrons. The molecule has 0 aromatic heterocycles. The molecule has 4 nitrogen and oxygen atoms in total. The number of nitrogens with zero attached hydrogens (tertiary/aromatic N) is 1. The molecule has 0 bridgehead atoms. The van der Waals surface area contributed by atoms with Gasteiger partial charge in [-0.05, 0) is 50.1 Å². The second-order valence-electron chi connectivity index (χ2n) is 6.74. The van der Waals surface area contributed by atoms with Crippen molar-refractivity contribution in [1.29, 1.82) is 0 Å². The third-order valence-corrected chi connectivity index (χ3v) is 4.25. The zero-order valence-corrected chi connectivity index (χ0v) is 15.9. The second-order valence-corrected chi connectivity index (χ2v) is 6.74. The Bertz CT molecular complexity index is 709. The fourth-order valence-corrected chi connectivity index (χ4v) is 2.69. The standard InChI is InChI=1S/C22H28N2O2/c1-4-5-11-21(25)23-20-14-12-19(13-15-20)22(26)24(17(2)3)16-18-9-7-6-8-10-18/h6-10,12-15,17H,4-5,11,16H2,1-3H3,(H,23,25). The first-order valence-electron chi connectivity index (χ1n) is 9.26. The van der Waals surface area contributed by atoms with Crippen molar-refractivity contribution in [3.63, 3.8) is 0 Å². The Balaban J connectivity index is 2.05. The van der Waals surface area contributed by atoms with E-state index >= 15 is 0 Å². The van der Waals surface area contributed by atoms with E-state index in [2.05, 4.69) is 12.2 Å². The molecule has 26 heavy (non-hydrogen) atoms. The van der Waals surface area contributed by atoms with Crippen molar-refractivity contribution < 1.29 is 9.59 Å². The fraction of sp³-hybridized carbons (Fsp3) is 0.364. The van der Waals surface area contributed by atoms with Crippen molar-refractivity contribution >= 4 is 17.5 Å². The van der Waals surface area contributed by atoms with Gasteiger partial charge in [-0.1, -0.05) is 43.7 Å². The van der Waals surface area contributed by atoms with Gasteiger partial charge in [0.2, 0.25) is 5.91 Å². The number of benzene rings is 2. The molecule has 4 heteroatoms. The van der Waals surface area contributed by atoms with Gasteiger partial charge < -0.3 is 10.2 Å². The Morgan fingerprint density at radius 3 is 2.23 bits per heavy atom. The largest absolute Gasteiger partial charge is 0.332 e. The van der Waals surface area contributed by atoms with Crippen molar-refractivity contribution in [2.45, 2.75) is 52.6 Å². The molecule has 0 aliphatic carbocycles. The summed E-state index contributed by atoms with van der Waals surface area (Å²) in [6.45, 7) is 6.67. The molecule has 0 aliphatic rings. The van der Waals surface area contributed by atoms with Crippen LogP contribution in [0.2, 0.25) is 0 Å². The maximum atomic E-state index is 12.9. The lowest BCUT2D eigenvalue weighted by atomic mass is 10.1. The van der Waals surface area contributed by atoms with E-state index in [4.69, 9.17) is 0 Å². The van der Waals surface area contributed by atoms with Gasteiger partial charge in [0.15, 0.2) is 0 Å². The predicted octanol–water partition coefficient (Wildman–Crippen LogP) is 4.87. The summed E-state index contributed by atoms with van der Waals surface area (Å²) in [5.74, 6) is 0.00604. The lowest BCUT2D eigenvalue weighted by Gasteiger charge is -2.27. The number of anilines is 1. The summed E-state index contributed by atoms with van der Waals surface area (Å²) in [4.78, 5) is 26.6. The zero-order valence-electron chi connectivity index (χ0n) is 15.9. The Labute approximate surface area is 156 Å². The fourth-order valence-electron chi connectivity index (χ4n) is 2.69. The van der Waals surface area contributed by atoms with Crippen molar-refractivity contribution in [2.75, 3.05) is 5.32 Å². The molecule has 1 N–H and O–H groups in total. The van der Waals surface area contributed by atoms with E-state index in [1.165, 1.54) is 0 Å². The molecule has 2 aromatic carbocycles. The van der Waals surface area contributed by atoms with Gasteiger partial charge >= 0.3 is 0 Å². The number of rotatable bonds is 8. The molecule has 0 fully saturated rings.